The van der Waals surface area contributed by atoms with Crippen LogP contribution in [0, 0.1) is 5.41 Å². The van der Waals surface area contributed by atoms with E-state index in [1.54, 1.807) is 0 Å². The van der Waals surface area contributed by atoms with Crippen molar-refractivity contribution in [2.24, 2.45) is 5.41 Å². The lowest BCUT2D eigenvalue weighted by Crippen LogP contribution is -2.36. The summed E-state index contributed by atoms with van der Waals surface area (Å²) in [5, 5.41) is 0. The first kappa shape index (κ1) is 8.79. The third-order valence-electron chi connectivity index (χ3n) is 4.07. The lowest BCUT2D eigenvalue weighted by molar-refractivity contribution is -0.148. The number of carbonyl (C=O) groups excluding carboxylic acids is 1. The largest absolute Gasteiger partial charge is 0.458 e. The molecule has 2 atom stereocenters. The molecule has 1 heterocycles. The van der Waals surface area contributed by atoms with Gasteiger partial charge in [-0.1, -0.05) is 18.1 Å². The molecule has 0 bridgehead atoms. The van der Waals surface area contributed by atoms with Crippen LogP contribution >= 0.6 is 0 Å². The van der Waals surface area contributed by atoms with Crippen LogP contribution in [0.15, 0.2) is 11.1 Å². The lowest BCUT2D eigenvalue weighted by Gasteiger charge is -2.33. The Morgan fingerprint density at radius 2 is 1.85 bits per heavy atom. The Hall–Kier alpha value is -0.790. The molecular formula is C11H16O2. The van der Waals surface area contributed by atoms with Gasteiger partial charge in [0.2, 0.25) is 0 Å². The molecule has 0 spiro atoms. The molecule has 0 aromatic rings. The third-order valence-corrected chi connectivity index (χ3v) is 4.07. The van der Waals surface area contributed by atoms with Crippen LogP contribution in [0.5, 0.6) is 0 Å². The van der Waals surface area contributed by atoms with Crippen molar-refractivity contribution in [2.45, 2.75) is 46.1 Å². The van der Waals surface area contributed by atoms with Crippen LogP contribution in [0.3, 0.4) is 0 Å². The van der Waals surface area contributed by atoms with E-state index in [1.165, 1.54) is 11.1 Å². The van der Waals surface area contributed by atoms with Gasteiger partial charge in [0.1, 0.15) is 5.60 Å². The Morgan fingerprint density at radius 3 is 2.38 bits per heavy atom. The molecule has 2 nitrogen and oxygen atoms in total. The predicted molar refractivity (Wildman–Crippen MR) is 50.2 cm³/mol. The van der Waals surface area contributed by atoms with E-state index in [0.717, 1.165) is 6.42 Å². The highest BCUT2D eigenvalue weighted by Crippen LogP contribution is 2.57. The molecule has 1 aliphatic heterocycles. The highest BCUT2D eigenvalue weighted by atomic mass is 16.6. The third kappa shape index (κ3) is 0.862. The zero-order chi connectivity index (χ0) is 9.85. The summed E-state index contributed by atoms with van der Waals surface area (Å²) in [6, 6.07) is 0. The Morgan fingerprint density at radius 1 is 1.23 bits per heavy atom. The van der Waals surface area contributed by atoms with E-state index in [9.17, 15) is 4.79 Å². The van der Waals surface area contributed by atoms with Crippen LogP contribution in [0.1, 0.15) is 40.5 Å². The van der Waals surface area contributed by atoms with Crippen molar-refractivity contribution in [2.75, 3.05) is 0 Å². The van der Waals surface area contributed by atoms with E-state index in [0.29, 0.717) is 6.42 Å². The number of fused-ring (bicyclic) bond motifs is 1. The molecular weight excluding hydrogens is 164 g/mol. The van der Waals surface area contributed by atoms with Crippen molar-refractivity contribution >= 4 is 5.97 Å². The summed E-state index contributed by atoms with van der Waals surface area (Å²) >= 11 is 0. The van der Waals surface area contributed by atoms with E-state index < -0.39 is 0 Å². The topological polar surface area (TPSA) is 26.3 Å². The Labute approximate surface area is 79.0 Å². The van der Waals surface area contributed by atoms with Gasteiger partial charge in [-0.05, 0) is 20.8 Å². The number of esters is 1. The van der Waals surface area contributed by atoms with E-state index in [-0.39, 0.29) is 17.0 Å². The average Bonchev–Trinajstić information content (AvgIpc) is 2.28. The minimum atomic E-state index is -0.266. The Bertz CT molecular complexity index is 316. The van der Waals surface area contributed by atoms with Crippen molar-refractivity contribution < 1.29 is 9.53 Å². The molecule has 1 saturated heterocycles. The summed E-state index contributed by atoms with van der Waals surface area (Å²) in [6.07, 6.45) is 1.45. The number of hydrogen-bond donors (Lipinski definition) is 0. The minimum absolute atomic E-state index is 0.0446. The van der Waals surface area contributed by atoms with Crippen LogP contribution < -0.4 is 0 Å². The first-order valence-electron chi connectivity index (χ1n) is 4.78. The number of hydrogen-bond acceptors (Lipinski definition) is 2. The molecule has 1 fully saturated rings. The molecule has 2 rings (SSSR count). The number of ether oxygens (including phenoxy) is 1. The monoisotopic (exact) mass is 180 g/mol. The molecule has 2 aliphatic rings. The van der Waals surface area contributed by atoms with Gasteiger partial charge in [-0.3, -0.25) is 4.79 Å². The molecule has 0 saturated carbocycles. The maximum Gasteiger partial charge on any atom is 0.307 e. The summed E-state index contributed by atoms with van der Waals surface area (Å²) in [5.74, 6) is -0.0446. The SMILES string of the molecule is CC1=C(C)[C@]2(C)CC(=O)O[C@]2(C)C1. The fraction of sp³-hybridized carbons (Fsp3) is 0.727. The van der Waals surface area contributed by atoms with Crippen LogP contribution in [0.25, 0.3) is 0 Å². The maximum absolute atomic E-state index is 11.3. The molecule has 0 aromatic carbocycles. The van der Waals surface area contributed by atoms with Gasteiger partial charge in [-0.25, -0.2) is 0 Å². The van der Waals surface area contributed by atoms with Gasteiger partial charge >= 0.3 is 5.97 Å². The summed E-state index contributed by atoms with van der Waals surface area (Å²) < 4.78 is 5.44. The van der Waals surface area contributed by atoms with Gasteiger partial charge in [0, 0.05) is 11.8 Å². The van der Waals surface area contributed by atoms with E-state index in [1.807, 2.05) is 0 Å². The van der Waals surface area contributed by atoms with Gasteiger partial charge in [-0.2, -0.15) is 0 Å². The van der Waals surface area contributed by atoms with Crippen LogP contribution in [0.4, 0.5) is 0 Å². The summed E-state index contributed by atoms with van der Waals surface area (Å²) in [6.45, 7) is 8.46. The minimum Gasteiger partial charge on any atom is -0.458 e. The van der Waals surface area contributed by atoms with Crippen molar-refractivity contribution in [3.05, 3.63) is 11.1 Å². The van der Waals surface area contributed by atoms with Crippen LogP contribution in [-0.4, -0.2) is 11.6 Å². The van der Waals surface area contributed by atoms with Crippen LogP contribution in [-0.2, 0) is 9.53 Å². The highest BCUT2D eigenvalue weighted by molar-refractivity contribution is 5.75. The zero-order valence-corrected chi connectivity index (χ0v) is 8.73. The quantitative estimate of drug-likeness (QED) is 0.423. The molecule has 0 radical (unpaired) electrons. The van der Waals surface area contributed by atoms with Crippen molar-refractivity contribution in [3.8, 4) is 0 Å². The average molecular weight is 180 g/mol. The fourth-order valence-corrected chi connectivity index (χ4v) is 2.75. The number of carbonyl (C=O) groups is 1. The second-order valence-corrected chi connectivity index (χ2v) is 4.80. The van der Waals surface area contributed by atoms with Crippen molar-refractivity contribution in [3.63, 3.8) is 0 Å². The Kier molecular flexibility index (Phi) is 1.47. The van der Waals surface area contributed by atoms with Gasteiger partial charge in [-0.15, -0.1) is 0 Å². The Balaban J connectivity index is 2.50. The van der Waals surface area contributed by atoms with E-state index in [2.05, 4.69) is 27.7 Å². The molecule has 13 heavy (non-hydrogen) atoms. The summed E-state index contributed by atoms with van der Waals surface area (Å²) in [5.41, 5.74) is 2.42. The standard InChI is InChI=1S/C11H16O2/c1-7-5-11(4)10(3,8(7)2)6-9(12)13-11/h5-6H2,1-4H3/t10-,11+/m0/s1. The van der Waals surface area contributed by atoms with Crippen molar-refractivity contribution in [1.29, 1.82) is 0 Å². The van der Waals surface area contributed by atoms with Crippen molar-refractivity contribution in [1.82, 2.24) is 0 Å². The maximum atomic E-state index is 11.3. The van der Waals surface area contributed by atoms with Gasteiger partial charge in [0.15, 0.2) is 0 Å². The highest BCUT2D eigenvalue weighted by Gasteiger charge is 2.59. The van der Waals surface area contributed by atoms with E-state index >= 15 is 0 Å². The molecule has 2 heteroatoms. The van der Waals surface area contributed by atoms with Crippen LogP contribution in [0.2, 0.25) is 0 Å². The molecule has 0 aromatic heterocycles. The zero-order valence-electron chi connectivity index (χ0n) is 8.73. The van der Waals surface area contributed by atoms with Gasteiger partial charge in [0.25, 0.3) is 0 Å². The molecule has 72 valence electrons. The normalized spacial score (nSPS) is 43.8. The molecule has 0 N–H and O–H groups in total. The second-order valence-electron chi connectivity index (χ2n) is 4.80. The van der Waals surface area contributed by atoms with E-state index in [4.69, 9.17) is 4.74 Å². The first-order valence-corrected chi connectivity index (χ1v) is 4.78. The number of rotatable bonds is 0. The molecule has 0 unspecified atom stereocenters. The molecule has 1 aliphatic carbocycles. The van der Waals surface area contributed by atoms with Gasteiger partial charge in [0.05, 0.1) is 6.42 Å². The summed E-state index contributed by atoms with van der Waals surface area (Å²) in [7, 11) is 0. The lowest BCUT2D eigenvalue weighted by atomic mass is 9.73. The second kappa shape index (κ2) is 2.17. The predicted octanol–water partition coefficient (Wildman–Crippen LogP) is 2.44. The molecule has 0 amide bonds. The van der Waals surface area contributed by atoms with Gasteiger partial charge < -0.3 is 4.74 Å². The smallest absolute Gasteiger partial charge is 0.307 e. The first-order chi connectivity index (χ1) is 5.89. The summed E-state index contributed by atoms with van der Waals surface area (Å²) in [4.78, 5) is 11.3. The fourth-order valence-electron chi connectivity index (χ4n) is 2.75.